The third-order valence-corrected chi connectivity index (χ3v) is 7.55. The van der Waals surface area contributed by atoms with Crippen LogP contribution in [-0.2, 0) is 31.6 Å². The quantitative estimate of drug-likeness (QED) is 0.182. The highest BCUT2D eigenvalue weighted by molar-refractivity contribution is 7.58. The highest BCUT2D eigenvalue weighted by Gasteiger charge is 2.24. The molecule has 0 bridgehead atoms. The molecule has 37 heavy (non-hydrogen) atoms. The van der Waals surface area contributed by atoms with Crippen molar-refractivity contribution in [1.29, 1.82) is 0 Å². The molecule has 0 aromatic heterocycles. The van der Waals surface area contributed by atoms with Crippen molar-refractivity contribution in [3.63, 3.8) is 0 Å². The number of hydrogen-bond donors (Lipinski definition) is 1. The van der Waals surface area contributed by atoms with Crippen LogP contribution in [0.25, 0.3) is 0 Å². The molecule has 7 nitrogen and oxygen atoms in total. The van der Waals surface area contributed by atoms with Crippen LogP contribution in [0, 0.1) is 0 Å². The predicted molar refractivity (Wildman–Crippen MR) is 149 cm³/mol. The van der Waals surface area contributed by atoms with Crippen molar-refractivity contribution in [2.24, 2.45) is 0 Å². The van der Waals surface area contributed by atoms with Crippen molar-refractivity contribution >= 4 is 13.5 Å². The minimum absolute atomic E-state index is 0.0331. The van der Waals surface area contributed by atoms with E-state index in [-0.39, 0.29) is 12.4 Å². The summed E-state index contributed by atoms with van der Waals surface area (Å²) in [6, 6.07) is 17.5. The van der Waals surface area contributed by atoms with Gasteiger partial charge in [0.1, 0.15) is 11.4 Å². The average molecular weight is 534 g/mol. The van der Waals surface area contributed by atoms with E-state index in [4.69, 9.17) is 18.7 Å². The zero-order valence-corrected chi connectivity index (χ0v) is 23.9. The normalized spacial score (nSPS) is 14.0. The first-order valence-electron chi connectivity index (χ1n) is 13.1. The number of amides is 1. The lowest BCUT2D eigenvalue weighted by atomic mass is 10.1. The fourth-order valence-corrected chi connectivity index (χ4v) is 5.27. The fraction of sp³-hybridized carbons (Fsp3) is 0.552. The Morgan fingerprint density at radius 1 is 0.973 bits per heavy atom. The molecule has 1 N–H and O–H groups in total. The van der Waals surface area contributed by atoms with Gasteiger partial charge in [-0.2, -0.15) is 0 Å². The van der Waals surface area contributed by atoms with Crippen LogP contribution in [0.3, 0.4) is 0 Å². The molecule has 0 fully saturated rings. The van der Waals surface area contributed by atoms with E-state index in [9.17, 15) is 9.36 Å². The molecule has 0 aliphatic carbocycles. The van der Waals surface area contributed by atoms with E-state index in [1.807, 2.05) is 82.3 Å². The van der Waals surface area contributed by atoms with E-state index in [2.05, 4.69) is 12.2 Å². The Morgan fingerprint density at radius 3 is 2.32 bits per heavy atom. The third kappa shape index (κ3) is 13.7. The molecule has 8 heteroatoms. The summed E-state index contributed by atoms with van der Waals surface area (Å²) in [5.74, 6) is 0.635. The van der Waals surface area contributed by atoms with Crippen LogP contribution in [0.4, 0.5) is 4.79 Å². The van der Waals surface area contributed by atoms with E-state index < -0.39 is 19.1 Å². The zero-order chi connectivity index (χ0) is 27.2. The van der Waals surface area contributed by atoms with Crippen molar-refractivity contribution in [1.82, 2.24) is 5.32 Å². The van der Waals surface area contributed by atoms with Crippen LogP contribution < -0.4 is 10.1 Å². The standard InChI is InChI=1S/C29H44NO6P/c1-6-7-19-35-37(32,20-11-18-33-22-26-12-9-8-10-13-26)23-34-27-16-14-25(15-17-27)21-24(2)30-28(31)36-29(3,4)5/h8-10,12-17,24H,6-7,11,18-23H2,1-5H3,(H,30,31)/t24?,37-/m1/s1. The molecule has 0 spiro atoms. The Balaban J connectivity index is 1.81. The highest BCUT2D eigenvalue weighted by atomic mass is 31.2. The van der Waals surface area contributed by atoms with Crippen LogP contribution in [0.15, 0.2) is 54.6 Å². The largest absolute Gasteiger partial charge is 0.484 e. The maximum absolute atomic E-state index is 13.5. The second-order valence-electron chi connectivity index (χ2n) is 10.3. The van der Waals surface area contributed by atoms with Gasteiger partial charge in [0.15, 0.2) is 6.35 Å². The van der Waals surface area contributed by atoms with E-state index in [1.165, 1.54) is 0 Å². The summed E-state index contributed by atoms with van der Waals surface area (Å²) >= 11 is 0. The molecule has 2 atom stereocenters. The van der Waals surface area contributed by atoms with Crippen molar-refractivity contribution in [3.05, 3.63) is 65.7 Å². The van der Waals surface area contributed by atoms with Gasteiger partial charge < -0.3 is 24.1 Å². The number of carbonyl (C=O) groups is 1. The van der Waals surface area contributed by atoms with Gasteiger partial charge >= 0.3 is 6.09 Å². The Kier molecular flexibility index (Phi) is 13.2. The molecule has 1 unspecified atom stereocenters. The Hall–Kier alpha value is -2.34. The molecule has 2 aromatic rings. The van der Waals surface area contributed by atoms with Gasteiger partial charge in [0.25, 0.3) is 0 Å². The summed E-state index contributed by atoms with van der Waals surface area (Å²) in [4.78, 5) is 12.0. The molecular weight excluding hydrogens is 489 g/mol. The van der Waals surface area contributed by atoms with E-state index >= 15 is 0 Å². The van der Waals surface area contributed by atoms with Crippen LogP contribution in [0.2, 0.25) is 0 Å². The topological polar surface area (TPSA) is 83.1 Å². The first-order chi connectivity index (χ1) is 17.6. The number of benzene rings is 2. The minimum atomic E-state index is -2.96. The van der Waals surface area contributed by atoms with Crippen LogP contribution >= 0.6 is 7.37 Å². The van der Waals surface area contributed by atoms with Gasteiger partial charge in [0, 0.05) is 18.8 Å². The number of nitrogens with one attached hydrogen (secondary N) is 1. The lowest BCUT2D eigenvalue weighted by molar-refractivity contribution is 0.0508. The van der Waals surface area contributed by atoms with Gasteiger partial charge in [-0.3, -0.25) is 4.57 Å². The van der Waals surface area contributed by atoms with Crippen molar-refractivity contribution in [2.45, 2.75) is 78.6 Å². The molecule has 2 rings (SSSR count). The molecule has 0 saturated heterocycles. The van der Waals surface area contributed by atoms with Gasteiger partial charge in [-0.25, -0.2) is 4.79 Å². The third-order valence-electron chi connectivity index (χ3n) is 5.38. The molecule has 0 saturated carbocycles. The first-order valence-corrected chi connectivity index (χ1v) is 15.1. The van der Waals surface area contributed by atoms with Crippen molar-refractivity contribution in [2.75, 3.05) is 25.7 Å². The van der Waals surface area contributed by atoms with Gasteiger partial charge in [0.05, 0.1) is 13.2 Å². The highest BCUT2D eigenvalue weighted by Crippen LogP contribution is 2.47. The smallest absolute Gasteiger partial charge is 0.407 e. The number of carbonyl (C=O) groups excluding carboxylic acids is 1. The summed E-state index contributed by atoms with van der Waals surface area (Å²) < 4.78 is 36.2. The van der Waals surface area contributed by atoms with Crippen LogP contribution in [0.5, 0.6) is 5.75 Å². The maximum Gasteiger partial charge on any atom is 0.407 e. The molecule has 0 aliphatic rings. The van der Waals surface area contributed by atoms with Gasteiger partial charge in [-0.05, 0) is 70.2 Å². The summed E-state index contributed by atoms with van der Waals surface area (Å²) in [6.45, 7) is 11.0. The SMILES string of the molecule is CCCCO[P@](=O)(CCCOCc1ccccc1)COc1ccc(CC(C)NC(=O)OC(C)(C)C)cc1. The van der Waals surface area contributed by atoms with E-state index in [0.29, 0.717) is 44.6 Å². The number of alkyl carbamates (subject to hydrolysis) is 1. The van der Waals surface area contributed by atoms with E-state index in [0.717, 1.165) is 24.0 Å². The monoisotopic (exact) mass is 533 g/mol. The van der Waals surface area contributed by atoms with Crippen molar-refractivity contribution in [3.8, 4) is 5.75 Å². The van der Waals surface area contributed by atoms with Crippen molar-refractivity contribution < 1.29 is 28.1 Å². The Morgan fingerprint density at radius 2 is 1.68 bits per heavy atom. The molecule has 2 aromatic carbocycles. The van der Waals surface area contributed by atoms with Gasteiger partial charge in [-0.1, -0.05) is 55.8 Å². The summed E-state index contributed by atoms with van der Waals surface area (Å²) in [5, 5.41) is 2.85. The minimum Gasteiger partial charge on any atom is -0.484 e. The molecule has 0 heterocycles. The molecule has 0 aliphatic heterocycles. The number of hydrogen-bond acceptors (Lipinski definition) is 6. The Labute approximate surface area is 222 Å². The van der Waals surface area contributed by atoms with Crippen LogP contribution in [0.1, 0.15) is 65.0 Å². The predicted octanol–water partition coefficient (Wildman–Crippen LogP) is 7.18. The molecule has 206 valence electrons. The summed E-state index contributed by atoms with van der Waals surface area (Å²) in [5.41, 5.74) is 1.64. The lowest BCUT2D eigenvalue weighted by Gasteiger charge is -2.22. The summed E-state index contributed by atoms with van der Waals surface area (Å²) in [6.07, 6.45) is 3.15. The molecule has 1 amide bonds. The molecular formula is C29H44NO6P. The second-order valence-corrected chi connectivity index (χ2v) is 12.9. The van der Waals surface area contributed by atoms with Gasteiger partial charge in [0.2, 0.25) is 7.37 Å². The second kappa shape index (κ2) is 15.8. The lowest BCUT2D eigenvalue weighted by Crippen LogP contribution is -2.38. The average Bonchev–Trinajstić information content (AvgIpc) is 2.83. The fourth-order valence-electron chi connectivity index (χ4n) is 3.52. The zero-order valence-electron chi connectivity index (χ0n) is 23.0. The number of unbranched alkanes of at least 4 members (excludes halogenated alkanes) is 1. The van der Waals surface area contributed by atoms with Crippen LogP contribution in [-0.4, -0.2) is 43.5 Å². The number of rotatable bonds is 16. The van der Waals surface area contributed by atoms with E-state index in [1.54, 1.807) is 0 Å². The first kappa shape index (κ1) is 30.9. The number of ether oxygens (including phenoxy) is 3. The van der Waals surface area contributed by atoms with Gasteiger partial charge in [-0.15, -0.1) is 0 Å². The molecule has 0 radical (unpaired) electrons. The Bertz CT molecular complexity index is 959. The maximum atomic E-state index is 13.5. The summed E-state index contributed by atoms with van der Waals surface area (Å²) in [7, 11) is -2.96.